The Bertz CT molecular complexity index is 357. The van der Waals surface area contributed by atoms with Crippen molar-refractivity contribution < 1.29 is 19.4 Å². The third-order valence-corrected chi connectivity index (χ3v) is 3.34. The fourth-order valence-corrected chi connectivity index (χ4v) is 2.30. The van der Waals surface area contributed by atoms with E-state index in [0.717, 1.165) is 6.42 Å². The summed E-state index contributed by atoms with van der Waals surface area (Å²) in [5, 5.41) is 12.2. The van der Waals surface area contributed by atoms with Gasteiger partial charge in [0.1, 0.15) is 11.6 Å². The molecule has 1 aliphatic rings. The van der Waals surface area contributed by atoms with E-state index in [9.17, 15) is 14.7 Å². The lowest BCUT2D eigenvalue weighted by Gasteiger charge is -2.33. The number of carbonyl (C=O) groups excluding carboxylic acids is 2. The Morgan fingerprint density at radius 1 is 1.33 bits per heavy atom. The monoisotopic (exact) mass is 300 g/mol. The van der Waals surface area contributed by atoms with Crippen LogP contribution < -0.4 is 5.32 Å². The third kappa shape index (κ3) is 6.33. The van der Waals surface area contributed by atoms with Crippen LogP contribution in [0.15, 0.2) is 0 Å². The number of ether oxygens (including phenoxy) is 1. The van der Waals surface area contributed by atoms with Crippen LogP contribution >= 0.6 is 0 Å². The summed E-state index contributed by atoms with van der Waals surface area (Å²) in [4.78, 5) is 26.0. The van der Waals surface area contributed by atoms with Crippen LogP contribution in [0.5, 0.6) is 0 Å². The standard InChI is InChI=1S/C15H28N2O4/c1-5-6-12(16-14(20)21-15(2,3)4)13(19)17-9-7-11(18)8-10-17/h11-12,18H,5-10H2,1-4H3,(H,16,20). The van der Waals surface area contributed by atoms with Crippen LogP contribution in [0.3, 0.4) is 0 Å². The molecule has 1 saturated heterocycles. The zero-order valence-corrected chi connectivity index (χ0v) is 13.5. The number of carbonyl (C=O) groups is 2. The maximum Gasteiger partial charge on any atom is 0.408 e. The van der Waals surface area contributed by atoms with Crippen molar-refractivity contribution in [3.05, 3.63) is 0 Å². The fourth-order valence-electron chi connectivity index (χ4n) is 2.30. The smallest absolute Gasteiger partial charge is 0.408 e. The maximum absolute atomic E-state index is 12.5. The minimum absolute atomic E-state index is 0.0883. The first kappa shape index (κ1) is 17.8. The minimum Gasteiger partial charge on any atom is -0.444 e. The highest BCUT2D eigenvalue weighted by molar-refractivity contribution is 5.85. The van der Waals surface area contributed by atoms with Gasteiger partial charge in [-0.2, -0.15) is 0 Å². The van der Waals surface area contributed by atoms with E-state index < -0.39 is 17.7 Å². The van der Waals surface area contributed by atoms with Crippen molar-refractivity contribution in [1.29, 1.82) is 0 Å². The highest BCUT2D eigenvalue weighted by Crippen LogP contribution is 2.13. The molecular weight excluding hydrogens is 272 g/mol. The van der Waals surface area contributed by atoms with Crippen molar-refractivity contribution in [3.63, 3.8) is 0 Å². The molecule has 0 aromatic rings. The van der Waals surface area contributed by atoms with E-state index in [1.54, 1.807) is 25.7 Å². The molecule has 1 fully saturated rings. The van der Waals surface area contributed by atoms with Crippen molar-refractivity contribution in [2.75, 3.05) is 13.1 Å². The number of amides is 2. The maximum atomic E-state index is 12.5. The second kappa shape index (κ2) is 7.64. The lowest BCUT2D eigenvalue weighted by molar-refractivity contribution is -0.135. The van der Waals surface area contributed by atoms with Crippen LogP contribution in [0.1, 0.15) is 53.4 Å². The first-order valence-electron chi connectivity index (χ1n) is 7.69. The Hall–Kier alpha value is -1.30. The van der Waals surface area contributed by atoms with Gasteiger partial charge in [0.05, 0.1) is 6.10 Å². The van der Waals surface area contributed by atoms with Crippen molar-refractivity contribution in [1.82, 2.24) is 10.2 Å². The Labute approximate surface area is 126 Å². The highest BCUT2D eigenvalue weighted by Gasteiger charge is 2.29. The molecule has 6 heteroatoms. The highest BCUT2D eigenvalue weighted by atomic mass is 16.6. The number of likely N-dealkylation sites (tertiary alicyclic amines) is 1. The number of aliphatic hydroxyl groups excluding tert-OH is 1. The van der Waals surface area contributed by atoms with Crippen LogP contribution in [-0.4, -0.2) is 52.8 Å². The van der Waals surface area contributed by atoms with Crippen molar-refractivity contribution in [2.24, 2.45) is 0 Å². The summed E-state index contributed by atoms with van der Waals surface area (Å²) in [6.45, 7) is 8.41. The molecule has 1 rings (SSSR count). The average Bonchev–Trinajstić information content (AvgIpc) is 2.36. The summed E-state index contributed by atoms with van der Waals surface area (Å²) in [6, 6.07) is -0.555. The number of nitrogens with zero attached hydrogens (tertiary/aromatic N) is 1. The normalized spacial score (nSPS) is 18.2. The second-order valence-corrected chi connectivity index (χ2v) is 6.54. The molecule has 0 spiro atoms. The third-order valence-electron chi connectivity index (χ3n) is 3.34. The van der Waals surface area contributed by atoms with Gasteiger partial charge in [-0.1, -0.05) is 13.3 Å². The van der Waals surface area contributed by atoms with Crippen molar-refractivity contribution >= 4 is 12.0 Å². The molecule has 122 valence electrons. The lowest BCUT2D eigenvalue weighted by Crippen LogP contribution is -2.52. The van der Waals surface area contributed by atoms with Gasteiger partial charge in [-0.3, -0.25) is 4.79 Å². The van der Waals surface area contributed by atoms with Gasteiger partial charge in [0.15, 0.2) is 0 Å². The fraction of sp³-hybridized carbons (Fsp3) is 0.867. The Balaban J connectivity index is 2.59. The molecule has 0 aliphatic carbocycles. The second-order valence-electron chi connectivity index (χ2n) is 6.54. The molecule has 0 radical (unpaired) electrons. The van der Waals surface area contributed by atoms with E-state index in [4.69, 9.17) is 4.74 Å². The summed E-state index contributed by atoms with van der Waals surface area (Å²) >= 11 is 0. The molecule has 0 bridgehead atoms. The summed E-state index contributed by atoms with van der Waals surface area (Å²) in [7, 11) is 0. The molecule has 1 atom stereocenters. The number of aliphatic hydroxyl groups is 1. The van der Waals surface area contributed by atoms with E-state index >= 15 is 0 Å². The first-order valence-corrected chi connectivity index (χ1v) is 7.69. The van der Waals surface area contributed by atoms with Crippen molar-refractivity contribution in [3.8, 4) is 0 Å². The van der Waals surface area contributed by atoms with Gasteiger partial charge in [0, 0.05) is 13.1 Å². The van der Waals surface area contributed by atoms with E-state index in [-0.39, 0.29) is 12.0 Å². The Kier molecular flexibility index (Phi) is 6.45. The zero-order valence-electron chi connectivity index (χ0n) is 13.5. The zero-order chi connectivity index (χ0) is 16.0. The van der Waals surface area contributed by atoms with Gasteiger partial charge in [-0.05, 0) is 40.0 Å². The largest absolute Gasteiger partial charge is 0.444 e. The molecular formula is C15H28N2O4. The molecule has 2 amide bonds. The quantitative estimate of drug-likeness (QED) is 0.827. The molecule has 0 aromatic heterocycles. The summed E-state index contributed by atoms with van der Waals surface area (Å²) in [5.41, 5.74) is -0.584. The van der Waals surface area contributed by atoms with Crippen LogP contribution in [0.2, 0.25) is 0 Å². The average molecular weight is 300 g/mol. The van der Waals surface area contributed by atoms with Crippen LogP contribution in [0.25, 0.3) is 0 Å². The van der Waals surface area contributed by atoms with Gasteiger partial charge in [0.2, 0.25) is 5.91 Å². The van der Waals surface area contributed by atoms with Gasteiger partial charge in [-0.15, -0.1) is 0 Å². The summed E-state index contributed by atoms with van der Waals surface area (Å²) in [6.07, 6.45) is 1.68. The van der Waals surface area contributed by atoms with Gasteiger partial charge >= 0.3 is 6.09 Å². The molecule has 21 heavy (non-hydrogen) atoms. The predicted molar refractivity (Wildman–Crippen MR) is 79.9 cm³/mol. The lowest BCUT2D eigenvalue weighted by atomic mass is 10.1. The number of rotatable bonds is 4. The summed E-state index contributed by atoms with van der Waals surface area (Å²) < 4.78 is 5.21. The van der Waals surface area contributed by atoms with Gasteiger partial charge in [-0.25, -0.2) is 4.79 Å². The number of hydrogen-bond donors (Lipinski definition) is 2. The molecule has 0 saturated carbocycles. The topological polar surface area (TPSA) is 78.9 Å². The van der Waals surface area contributed by atoms with Gasteiger partial charge < -0.3 is 20.1 Å². The Morgan fingerprint density at radius 2 is 1.90 bits per heavy atom. The van der Waals surface area contributed by atoms with E-state index in [1.165, 1.54) is 0 Å². The van der Waals surface area contributed by atoms with E-state index in [1.807, 2.05) is 6.92 Å². The van der Waals surface area contributed by atoms with Crippen molar-refractivity contribution in [2.45, 2.75) is 71.1 Å². The minimum atomic E-state index is -0.584. The number of alkyl carbamates (subject to hydrolysis) is 1. The van der Waals surface area contributed by atoms with Gasteiger partial charge in [0.25, 0.3) is 0 Å². The number of piperidine rings is 1. The molecule has 6 nitrogen and oxygen atoms in total. The molecule has 1 unspecified atom stereocenters. The van der Waals surface area contributed by atoms with E-state index in [2.05, 4.69) is 5.32 Å². The Morgan fingerprint density at radius 3 is 2.38 bits per heavy atom. The molecule has 1 aliphatic heterocycles. The first-order chi connectivity index (χ1) is 9.73. The van der Waals surface area contributed by atoms with Crippen LogP contribution in [-0.2, 0) is 9.53 Å². The SMILES string of the molecule is CCCC(NC(=O)OC(C)(C)C)C(=O)N1CCC(O)CC1. The van der Waals surface area contributed by atoms with Crippen LogP contribution in [0.4, 0.5) is 4.79 Å². The molecule has 1 heterocycles. The van der Waals surface area contributed by atoms with E-state index in [0.29, 0.717) is 32.4 Å². The predicted octanol–water partition coefficient (Wildman–Crippen LogP) is 1.66. The number of nitrogens with one attached hydrogen (secondary N) is 1. The molecule has 2 N–H and O–H groups in total. The van der Waals surface area contributed by atoms with Crippen LogP contribution in [0, 0.1) is 0 Å². The molecule has 0 aromatic carbocycles. The number of hydrogen-bond acceptors (Lipinski definition) is 4. The summed E-state index contributed by atoms with van der Waals surface area (Å²) in [5.74, 6) is -0.0883.